The van der Waals surface area contributed by atoms with Gasteiger partial charge >= 0.3 is 0 Å². The van der Waals surface area contributed by atoms with E-state index in [0.717, 1.165) is 24.3 Å². The fourth-order valence-electron chi connectivity index (χ4n) is 1.95. The van der Waals surface area contributed by atoms with Crippen LogP contribution >= 0.6 is 35.0 Å². The molecule has 2 rings (SSSR count). The summed E-state index contributed by atoms with van der Waals surface area (Å²) in [6, 6.07) is 2.99. The Morgan fingerprint density at radius 1 is 1.47 bits per heavy atom. The van der Waals surface area contributed by atoms with Crippen LogP contribution in [0.2, 0.25) is 5.02 Å². The van der Waals surface area contributed by atoms with E-state index in [1.54, 1.807) is 6.07 Å². The van der Waals surface area contributed by atoms with E-state index < -0.39 is 5.82 Å². The summed E-state index contributed by atoms with van der Waals surface area (Å²) in [4.78, 5) is 4.36. The summed E-state index contributed by atoms with van der Waals surface area (Å²) in [7, 11) is 0. The van der Waals surface area contributed by atoms with Gasteiger partial charge in [0.15, 0.2) is 0 Å². The zero-order chi connectivity index (χ0) is 14.0. The number of aromatic nitrogens is 2. The summed E-state index contributed by atoms with van der Waals surface area (Å²) in [6.45, 7) is 2.99. The zero-order valence-electron chi connectivity index (χ0n) is 10.8. The molecule has 0 aliphatic heterocycles. The molecule has 1 heterocycles. The van der Waals surface area contributed by atoms with Gasteiger partial charge in [0.05, 0.1) is 21.9 Å². The lowest BCUT2D eigenvalue weighted by Crippen LogP contribution is -2.07. The topological polar surface area (TPSA) is 17.8 Å². The Balaban J connectivity index is 2.42. The van der Waals surface area contributed by atoms with Crippen LogP contribution in [0, 0.1) is 5.82 Å². The number of benzene rings is 1. The first-order valence-corrected chi connectivity index (χ1v) is 8.19. The highest BCUT2D eigenvalue weighted by atomic mass is 35.5. The number of hydrogen-bond donors (Lipinski definition) is 0. The minimum absolute atomic E-state index is 0.118. The molecule has 2 aromatic rings. The highest BCUT2D eigenvalue weighted by molar-refractivity contribution is 7.99. The van der Waals surface area contributed by atoms with Gasteiger partial charge in [-0.3, -0.25) is 0 Å². The van der Waals surface area contributed by atoms with E-state index in [2.05, 4.69) is 18.2 Å². The fraction of sp³-hybridized carbons (Fsp3) is 0.462. The number of nitrogens with zero attached hydrogens (tertiary/aromatic N) is 2. The van der Waals surface area contributed by atoms with E-state index in [9.17, 15) is 4.39 Å². The minimum atomic E-state index is -0.447. The summed E-state index contributed by atoms with van der Waals surface area (Å²) in [6.07, 6.45) is 3.09. The number of aryl methyl sites for hydroxylation is 1. The van der Waals surface area contributed by atoms with Gasteiger partial charge in [-0.25, -0.2) is 9.37 Å². The third kappa shape index (κ3) is 3.18. The van der Waals surface area contributed by atoms with Crippen LogP contribution in [0.25, 0.3) is 11.0 Å². The first kappa shape index (κ1) is 14.9. The first-order chi connectivity index (χ1) is 9.06. The molecule has 19 heavy (non-hydrogen) atoms. The van der Waals surface area contributed by atoms with Crippen molar-refractivity contribution >= 4 is 46.0 Å². The fourth-order valence-corrected chi connectivity index (χ4v) is 2.65. The van der Waals surface area contributed by atoms with Crippen LogP contribution in [0.1, 0.15) is 19.2 Å². The standard InChI is InChI=1S/C13H15Cl2FN2S/c1-8(19-2)3-4-18-12-5-9(15)10(16)6-11(12)17-13(18)7-14/h5-6,8H,3-4,7H2,1-2H3. The van der Waals surface area contributed by atoms with E-state index in [1.807, 2.05) is 16.3 Å². The van der Waals surface area contributed by atoms with Gasteiger partial charge in [-0.2, -0.15) is 11.8 Å². The van der Waals surface area contributed by atoms with Crippen molar-refractivity contribution in [2.24, 2.45) is 0 Å². The van der Waals surface area contributed by atoms with E-state index in [1.165, 1.54) is 6.07 Å². The second kappa shape index (κ2) is 6.33. The molecule has 1 aromatic heterocycles. The molecule has 0 spiro atoms. The highest BCUT2D eigenvalue weighted by Gasteiger charge is 2.13. The van der Waals surface area contributed by atoms with Crippen LogP contribution < -0.4 is 0 Å². The molecule has 0 fully saturated rings. The third-order valence-corrected chi connectivity index (χ3v) is 4.72. The largest absolute Gasteiger partial charge is 0.327 e. The van der Waals surface area contributed by atoms with Crippen LogP contribution in [-0.4, -0.2) is 21.1 Å². The first-order valence-electron chi connectivity index (χ1n) is 5.99. The maximum absolute atomic E-state index is 13.4. The molecule has 1 atom stereocenters. The third-order valence-electron chi connectivity index (χ3n) is 3.15. The number of fused-ring (bicyclic) bond motifs is 1. The second-order valence-corrected chi connectivity index (χ2v) is 6.35. The number of rotatable bonds is 5. The Bertz CT molecular complexity index is 586. The van der Waals surface area contributed by atoms with E-state index in [-0.39, 0.29) is 5.02 Å². The van der Waals surface area contributed by atoms with Crippen LogP contribution in [-0.2, 0) is 12.4 Å². The normalized spacial score (nSPS) is 13.1. The summed E-state index contributed by atoms with van der Waals surface area (Å²) in [5, 5.41) is 0.671. The van der Waals surface area contributed by atoms with Gasteiger partial charge in [-0.1, -0.05) is 18.5 Å². The van der Waals surface area contributed by atoms with Crippen molar-refractivity contribution in [3.8, 4) is 0 Å². The van der Waals surface area contributed by atoms with Gasteiger partial charge in [0.2, 0.25) is 0 Å². The van der Waals surface area contributed by atoms with Crippen molar-refractivity contribution in [2.75, 3.05) is 6.26 Å². The van der Waals surface area contributed by atoms with E-state index in [4.69, 9.17) is 23.2 Å². The number of halogens is 3. The molecule has 0 amide bonds. The van der Waals surface area contributed by atoms with Gasteiger partial charge in [-0.15, -0.1) is 11.6 Å². The van der Waals surface area contributed by atoms with Crippen LogP contribution in [0.15, 0.2) is 12.1 Å². The lowest BCUT2D eigenvalue weighted by Gasteiger charge is -2.11. The monoisotopic (exact) mass is 320 g/mol. The molecule has 0 saturated carbocycles. The summed E-state index contributed by atoms with van der Waals surface area (Å²) in [5.41, 5.74) is 1.45. The predicted molar refractivity (Wildman–Crippen MR) is 81.9 cm³/mol. The number of alkyl halides is 1. The van der Waals surface area contributed by atoms with E-state index >= 15 is 0 Å². The van der Waals surface area contributed by atoms with Gasteiger partial charge in [0.25, 0.3) is 0 Å². The SMILES string of the molecule is CSC(C)CCn1c(CCl)nc2cc(F)c(Cl)cc21. The lowest BCUT2D eigenvalue weighted by molar-refractivity contribution is 0.627. The lowest BCUT2D eigenvalue weighted by atomic mass is 10.3. The Hall–Kier alpha value is -0.450. The average molecular weight is 321 g/mol. The number of hydrogen-bond acceptors (Lipinski definition) is 2. The predicted octanol–water partition coefficient (Wildman–Crippen LogP) is 4.71. The van der Waals surface area contributed by atoms with Crippen LogP contribution in [0.5, 0.6) is 0 Å². The van der Waals surface area contributed by atoms with Crippen molar-refractivity contribution < 1.29 is 4.39 Å². The summed E-state index contributed by atoms with van der Waals surface area (Å²) < 4.78 is 15.5. The summed E-state index contributed by atoms with van der Waals surface area (Å²) >= 11 is 13.6. The van der Waals surface area contributed by atoms with Crippen molar-refractivity contribution in [3.63, 3.8) is 0 Å². The highest BCUT2D eigenvalue weighted by Crippen LogP contribution is 2.25. The molecule has 0 radical (unpaired) electrons. The van der Waals surface area contributed by atoms with E-state index in [0.29, 0.717) is 16.6 Å². The molecule has 0 aliphatic rings. The maximum Gasteiger partial charge on any atom is 0.144 e. The van der Waals surface area contributed by atoms with Crippen molar-refractivity contribution in [1.82, 2.24) is 9.55 Å². The van der Waals surface area contributed by atoms with Crippen molar-refractivity contribution in [2.45, 2.75) is 31.0 Å². The Labute approximate surface area is 126 Å². The van der Waals surface area contributed by atoms with Gasteiger partial charge < -0.3 is 4.57 Å². The van der Waals surface area contributed by atoms with Gasteiger partial charge in [-0.05, 0) is 18.7 Å². The van der Waals surface area contributed by atoms with Crippen molar-refractivity contribution in [3.05, 3.63) is 28.8 Å². The number of thioether (sulfide) groups is 1. The molecule has 0 bridgehead atoms. The zero-order valence-corrected chi connectivity index (χ0v) is 13.1. The smallest absolute Gasteiger partial charge is 0.144 e. The molecule has 104 valence electrons. The Morgan fingerprint density at radius 3 is 2.84 bits per heavy atom. The Morgan fingerprint density at radius 2 is 2.21 bits per heavy atom. The molecule has 0 N–H and O–H groups in total. The molecule has 1 unspecified atom stereocenters. The van der Waals surface area contributed by atoms with Crippen LogP contribution in [0.3, 0.4) is 0 Å². The van der Waals surface area contributed by atoms with Gasteiger partial charge in [0, 0.05) is 17.9 Å². The van der Waals surface area contributed by atoms with Crippen molar-refractivity contribution in [1.29, 1.82) is 0 Å². The molecule has 2 nitrogen and oxygen atoms in total. The molecule has 0 saturated heterocycles. The minimum Gasteiger partial charge on any atom is -0.327 e. The quantitative estimate of drug-likeness (QED) is 0.742. The van der Waals surface area contributed by atoms with Crippen LogP contribution in [0.4, 0.5) is 4.39 Å². The second-order valence-electron chi connectivity index (χ2n) is 4.40. The van der Waals surface area contributed by atoms with Gasteiger partial charge in [0.1, 0.15) is 11.6 Å². The summed E-state index contributed by atoms with van der Waals surface area (Å²) in [5.74, 6) is 0.616. The maximum atomic E-state index is 13.4. The molecular weight excluding hydrogens is 306 g/mol. The Kier molecular flexibility index (Phi) is 4.98. The molecular formula is C13H15Cl2FN2S. The molecule has 0 aliphatic carbocycles. The molecule has 1 aromatic carbocycles. The molecule has 6 heteroatoms. The number of imidazole rings is 1. The average Bonchev–Trinajstić information content (AvgIpc) is 2.73.